The molecule has 0 aliphatic carbocycles. The van der Waals surface area contributed by atoms with Crippen molar-refractivity contribution in [1.82, 2.24) is 25.5 Å². The van der Waals surface area contributed by atoms with Gasteiger partial charge in [-0.15, -0.1) is 0 Å². The number of thiophene rings is 1. The second-order valence-corrected chi connectivity index (χ2v) is 12.5. The second-order valence-electron chi connectivity index (χ2n) is 8.94. The van der Waals surface area contributed by atoms with E-state index in [-0.39, 0.29) is 16.6 Å². The van der Waals surface area contributed by atoms with Gasteiger partial charge in [0.1, 0.15) is 0 Å². The first-order chi connectivity index (χ1) is 18.6. The molecule has 1 aliphatic rings. The van der Waals surface area contributed by atoms with Gasteiger partial charge in [-0.25, -0.2) is 0 Å². The Balaban J connectivity index is 1.52. The Labute approximate surface area is 234 Å². The molecule has 0 radical (unpaired) electrons. The molecule has 0 bridgehead atoms. The van der Waals surface area contributed by atoms with E-state index in [9.17, 15) is 9.59 Å². The van der Waals surface area contributed by atoms with Crippen LogP contribution in [0.15, 0.2) is 48.9 Å². The van der Waals surface area contributed by atoms with Gasteiger partial charge in [-0.2, -0.15) is 0 Å². The van der Waals surface area contributed by atoms with Crippen LogP contribution in [-0.4, -0.2) is 86.6 Å². The zero-order chi connectivity index (χ0) is 26.7. The molecule has 1 aliphatic heterocycles. The average Bonchev–Trinajstić information content (AvgIpc) is 3.36. The summed E-state index contributed by atoms with van der Waals surface area (Å²) in [5.74, 6) is 0.602. The first kappa shape index (κ1) is 28.2. The van der Waals surface area contributed by atoms with E-state index in [0.717, 1.165) is 61.8 Å². The second kappa shape index (κ2) is 14.4. The van der Waals surface area contributed by atoms with Gasteiger partial charge in [0, 0.05) is 0 Å². The molecule has 2 unspecified atom stereocenters. The van der Waals surface area contributed by atoms with E-state index in [1.54, 1.807) is 18.6 Å². The molecule has 1 saturated heterocycles. The van der Waals surface area contributed by atoms with E-state index in [1.807, 2.05) is 30.3 Å². The summed E-state index contributed by atoms with van der Waals surface area (Å²) in [6.45, 7) is 9.45. The number of rotatable bonds is 12. The summed E-state index contributed by atoms with van der Waals surface area (Å²) in [5, 5.41) is 10.0. The minimum absolute atomic E-state index is 0.0683. The van der Waals surface area contributed by atoms with Crippen molar-refractivity contribution in [3.8, 4) is 16.2 Å². The number of ether oxygens (including phenoxy) is 1. The molecule has 0 saturated carbocycles. The standard InChI is InChI=1S/C27H35AsN6O3S/c1-3-34(4-2)13-14-37-21-9-5-7-19(15-21)23-16-22(25(35)32-20-8-6-10-29-17-20)26(38-23)33-27(36)28-24-18-30-11-12-31-24/h5,7,9,11-12,15-16,18,20,28-29H,3-4,6,8,10,13-14,17H2,1-2H3,(H,32,35)(H,33,36). The van der Waals surface area contributed by atoms with Crippen molar-refractivity contribution in [2.75, 3.05) is 44.6 Å². The fraction of sp³-hybridized carbons (Fsp3) is 0.407. The Bertz CT molecular complexity index is 1200. The van der Waals surface area contributed by atoms with Crippen LogP contribution in [0.1, 0.15) is 37.0 Å². The average molecular weight is 599 g/mol. The van der Waals surface area contributed by atoms with Crippen molar-refractivity contribution in [1.29, 1.82) is 0 Å². The van der Waals surface area contributed by atoms with Gasteiger partial charge in [-0.3, -0.25) is 0 Å². The van der Waals surface area contributed by atoms with Crippen molar-refractivity contribution in [3.63, 3.8) is 0 Å². The van der Waals surface area contributed by atoms with Crippen LogP contribution in [0.4, 0.5) is 9.80 Å². The van der Waals surface area contributed by atoms with Gasteiger partial charge in [0.15, 0.2) is 0 Å². The van der Waals surface area contributed by atoms with Gasteiger partial charge < -0.3 is 0 Å². The van der Waals surface area contributed by atoms with Crippen LogP contribution in [0.25, 0.3) is 10.4 Å². The van der Waals surface area contributed by atoms with Crippen molar-refractivity contribution < 1.29 is 14.3 Å². The van der Waals surface area contributed by atoms with E-state index in [4.69, 9.17) is 4.74 Å². The monoisotopic (exact) mass is 598 g/mol. The molecule has 11 heteroatoms. The zero-order valence-corrected chi connectivity index (χ0v) is 24.7. The third-order valence-corrected chi connectivity index (χ3v) is 9.25. The number of carbonyl (C=O) groups is 2. The maximum absolute atomic E-state index is 13.3. The summed E-state index contributed by atoms with van der Waals surface area (Å²) in [7, 11) is 0. The Morgan fingerprint density at radius 1 is 1.24 bits per heavy atom. The summed E-state index contributed by atoms with van der Waals surface area (Å²) in [4.78, 5) is 37.7. The van der Waals surface area contributed by atoms with Crippen LogP contribution in [0.5, 0.6) is 5.75 Å². The molecule has 9 nitrogen and oxygen atoms in total. The SMILES string of the molecule is CCN(CC)CCOc1cccc(-c2cc(C(=O)NC3CCCNC3)c(NC(=O)[AsH]c3cnccn3)s2)c1. The Hall–Kier alpha value is -2.78. The Morgan fingerprint density at radius 2 is 2.11 bits per heavy atom. The molecule has 2 amide bonds. The van der Waals surface area contributed by atoms with Gasteiger partial charge in [0.05, 0.1) is 0 Å². The number of carbonyl (C=O) groups excluding carboxylic acids is 2. The minimum atomic E-state index is -1.22. The molecule has 202 valence electrons. The Kier molecular flexibility index (Phi) is 10.7. The van der Waals surface area contributed by atoms with Crippen molar-refractivity contribution in [2.24, 2.45) is 0 Å². The van der Waals surface area contributed by atoms with Gasteiger partial charge in [0.2, 0.25) is 0 Å². The molecular formula is C27H35AsN6O3S. The van der Waals surface area contributed by atoms with Gasteiger partial charge in [-0.05, 0) is 13.1 Å². The number of benzene rings is 1. The van der Waals surface area contributed by atoms with E-state index < -0.39 is 15.8 Å². The molecule has 4 rings (SSSR count). The molecule has 0 spiro atoms. The molecule has 38 heavy (non-hydrogen) atoms. The number of hydrogen-bond donors (Lipinski definition) is 3. The zero-order valence-electron chi connectivity index (χ0n) is 21.8. The van der Waals surface area contributed by atoms with Gasteiger partial charge in [0.25, 0.3) is 0 Å². The number of aromatic nitrogens is 2. The fourth-order valence-corrected chi connectivity index (χ4v) is 6.92. The number of nitrogens with zero attached hydrogens (tertiary/aromatic N) is 3. The number of hydrogen-bond acceptors (Lipinski definition) is 8. The quantitative estimate of drug-likeness (QED) is 0.275. The first-order valence-electron chi connectivity index (χ1n) is 13.0. The van der Waals surface area contributed by atoms with Crippen molar-refractivity contribution in [3.05, 3.63) is 54.5 Å². The van der Waals surface area contributed by atoms with Crippen molar-refractivity contribution in [2.45, 2.75) is 32.7 Å². The summed E-state index contributed by atoms with van der Waals surface area (Å²) in [6.07, 6.45) is 6.75. The maximum atomic E-state index is 13.3. The van der Waals surface area contributed by atoms with Crippen LogP contribution >= 0.6 is 11.3 Å². The number of nitrogens with one attached hydrogen (secondary N) is 3. The predicted octanol–water partition coefficient (Wildman–Crippen LogP) is 2.70. The third kappa shape index (κ3) is 8.11. The van der Waals surface area contributed by atoms with Crippen LogP contribution in [0.2, 0.25) is 0 Å². The predicted molar refractivity (Wildman–Crippen MR) is 154 cm³/mol. The molecule has 1 aromatic carbocycles. The van der Waals surface area contributed by atoms with Gasteiger partial charge in [-0.1, -0.05) is 13.8 Å². The molecule has 1 fully saturated rings. The van der Waals surface area contributed by atoms with E-state index in [0.29, 0.717) is 21.7 Å². The number of likely N-dealkylation sites (N-methyl/N-ethyl adjacent to an activating group) is 1. The van der Waals surface area contributed by atoms with E-state index in [1.165, 1.54) is 11.3 Å². The molecule has 3 aromatic rings. The number of amides is 2. The van der Waals surface area contributed by atoms with Crippen LogP contribution in [0.3, 0.4) is 0 Å². The summed E-state index contributed by atoms with van der Waals surface area (Å²) in [5.41, 5.74) is 1.41. The number of anilines is 1. The molecule has 3 N–H and O–H groups in total. The summed E-state index contributed by atoms with van der Waals surface area (Å²) < 4.78 is 6.58. The summed E-state index contributed by atoms with van der Waals surface area (Å²) in [6, 6.07) is 9.81. The molecular weight excluding hydrogens is 563 g/mol. The topological polar surface area (TPSA) is 108 Å². The molecule has 3 heterocycles. The molecule has 2 atom stereocenters. The van der Waals surface area contributed by atoms with E-state index in [2.05, 4.69) is 44.7 Å². The first-order valence-corrected chi connectivity index (χ1v) is 15.9. The van der Waals surface area contributed by atoms with Crippen LogP contribution < -0.4 is 25.2 Å². The number of piperidine rings is 1. The van der Waals surface area contributed by atoms with E-state index >= 15 is 0 Å². The normalized spacial score (nSPS) is 15.6. The van der Waals surface area contributed by atoms with Crippen LogP contribution in [-0.2, 0) is 0 Å². The molecule has 2 aromatic heterocycles. The van der Waals surface area contributed by atoms with Crippen molar-refractivity contribution >= 4 is 47.2 Å². The van der Waals surface area contributed by atoms with Crippen LogP contribution in [0, 0.1) is 0 Å². The fourth-order valence-electron chi connectivity index (χ4n) is 4.22. The third-order valence-electron chi connectivity index (χ3n) is 6.33. The Morgan fingerprint density at radius 3 is 2.84 bits per heavy atom. The van der Waals surface area contributed by atoms with Gasteiger partial charge >= 0.3 is 208 Å². The summed E-state index contributed by atoms with van der Waals surface area (Å²) >= 11 is 0.182.